The van der Waals surface area contributed by atoms with Crippen LogP contribution in [0.2, 0.25) is 0 Å². The number of rotatable bonds is 4. The van der Waals surface area contributed by atoms with E-state index in [1.807, 2.05) is 12.1 Å². The Hall–Kier alpha value is -0.410. The molecule has 1 unspecified atom stereocenters. The van der Waals surface area contributed by atoms with Gasteiger partial charge in [0.25, 0.3) is 0 Å². The molecule has 1 aliphatic carbocycles. The van der Waals surface area contributed by atoms with Crippen molar-refractivity contribution in [2.75, 3.05) is 6.54 Å². The lowest BCUT2D eigenvalue weighted by atomic mass is 10.0. The molecule has 1 atom stereocenters. The summed E-state index contributed by atoms with van der Waals surface area (Å²) in [5.74, 6) is 0.239. The van der Waals surface area contributed by atoms with Crippen LogP contribution in [0.1, 0.15) is 31.2 Å². The van der Waals surface area contributed by atoms with Gasteiger partial charge in [-0.3, -0.25) is 0 Å². The van der Waals surface area contributed by atoms with Gasteiger partial charge in [-0.15, -0.1) is 0 Å². The van der Waals surface area contributed by atoms with Crippen LogP contribution >= 0.6 is 15.9 Å². The Morgan fingerprint density at radius 3 is 2.87 bits per heavy atom. The first kappa shape index (κ1) is 11.1. The van der Waals surface area contributed by atoms with E-state index in [9.17, 15) is 4.39 Å². The predicted octanol–water partition coefficient (Wildman–Crippen LogP) is 3.44. The van der Waals surface area contributed by atoms with Gasteiger partial charge in [-0.1, -0.05) is 13.0 Å². The fraction of sp³-hybridized carbons (Fsp3) is 0.500. The molecule has 2 rings (SSSR count). The molecule has 0 aliphatic heterocycles. The van der Waals surface area contributed by atoms with Crippen LogP contribution in [0.25, 0.3) is 0 Å². The zero-order valence-electron chi connectivity index (χ0n) is 8.76. The van der Waals surface area contributed by atoms with E-state index in [1.165, 1.54) is 24.5 Å². The molecule has 0 amide bonds. The first-order chi connectivity index (χ1) is 7.16. The first-order valence-electron chi connectivity index (χ1n) is 5.35. The molecule has 0 radical (unpaired) electrons. The third kappa shape index (κ3) is 3.02. The molecule has 0 saturated heterocycles. The number of benzene rings is 1. The zero-order chi connectivity index (χ0) is 10.8. The molecule has 82 valence electrons. The Balaban J connectivity index is 1.97. The molecule has 1 aromatic rings. The Morgan fingerprint density at radius 2 is 2.27 bits per heavy atom. The monoisotopic (exact) mass is 271 g/mol. The summed E-state index contributed by atoms with van der Waals surface area (Å²) in [6.07, 6.45) is 2.61. The highest BCUT2D eigenvalue weighted by Gasteiger charge is 2.21. The highest BCUT2D eigenvalue weighted by atomic mass is 79.9. The van der Waals surface area contributed by atoms with Gasteiger partial charge in [0, 0.05) is 12.6 Å². The minimum Gasteiger partial charge on any atom is -0.313 e. The topological polar surface area (TPSA) is 12.0 Å². The summed E-state index contributed by atoms with van der Waals surface area (Å²) in [6, 6.07) is 5.98. The third-order valence-corrected chi connectivity index (χ3v) is 3.41. The molecular formula is C12H15BrFN. The molecular weight excluding hydrogens is 257 g/mol. The highest BCUT2D eigenvalue weighted by Crippen LogP contribution is 2.24. The van der Waals surface area contributed by atoms with Crippen LogP contribution in [-0.4, -0.2) is 12.6 Å². The average Bonchev–Trinajstić information content (AvgIpc) is 3.02. The fourth-order valence-electron chi connectivity index (χ4n) is 1.57. The molecule has 15 heavy (non-hydrogen) atoms. The number of hydrogen-bond donors (Lipinski definition) is 1. The predicted molar refractivity (Wildman–Crippen MR) is 63.5 cm³/mol. The minimum absolute atomic E-state index is 0.193. The quantitative estimate of drug-likeness (QED) is 0.885. The smallest absolute Gasteiger partial charge is 0.137 e. The summed E-state index contributed by atoms with van der Waals surface area (Å²) in [5, 5.41) is 3.48. The number of hydrogen-bond acceptors (Lipinski definition) is 1. The number of nitrogens with one attached hydrogen (secondary N) is 1. The van der Waals surface area contributed by atoms with Crippen LogP contribution in [-0.2, 0) is 0 Å². The molecule has 0 aromatic heterocycles. The lowest BCUT2D eigenvalue weighted by Gasteiger charge is -2.13. The Bertz CT molecular complexity index is 349. The van der Waals surface area contributed by atoms with Gasteiger partial charge >= 0.3 is 0 Å². The molecule has 1 aliphatic rings. The second-order valence-electron chi connectivity index (χ2n) is 4.26. The van der Waals surface area contributed by atoms with Gasteiger partial charge in [0.1, 0.15) is 5.82 Å². The van der Waals surface area contributed by atoms with Crippen LogP contribution in [0.4, 0.5) is 4.39 Å². The lowest BCUT2D eigenvalue weighted by molar-refractivity contribution is 0.602. The summed E-state index contributed by atoms with van der Waals surface area (Å²) >= 11 is 3.21. The fourth-order valence-corrected chi connectivity index (χ4v) is 1.96. The normalized spacial score (nSPS) is 17.8. The van der Waals surface area contributed by atoms with Crippen LogP contribution in [0.15, 0.2) is 22.7 Å². The second kappa shape index (κ2) is 4.62. The highest BCUT2D eigenvalue weighted by molar-refractivity contribution is 9.10. The van der Waals surface area contributed by atoms with Gasteiger partial charge in [-0.2, -0.15) is 0 Å². The van der Waals surface area contributed by atoms with Crippen molar-refractivity contribution in [1.29, 1.82) is 0 Å². The lowest BCUT2D eigenvalue weighted by Crippen LogP contribution is -2.22. The van der Waals surface area contributed by atoms with E-state index in [-0.39, 0.29) is 5.82 Å². The van der Waals surface area contributed by atoms with Gasteiger partial charge in [-0.25, -0.2) is 4.39 Å². The Morgan fingerprint density at radius 1 is 1.53 bits per heavy atom. The molecule has 0 bridgehead atoms. The average molecular weight is 272 g/mol. The van der Waals surface area contributed by atoms with Crippen LogP contribution < -0.4 is 5.32 Å². The summed E-state index contributed by atoms with van der Waals surface area (Å²) < 4.78 is 13.6. The molecule has 1 nitrogen and oxygen atoms in total. The Kier molecular flexibility index (Phi) is 3.42. The van der Waals surface area contributed by atoms with Crippen LogP contribution in [0, 0.1) is 5.82 Å². The SMILES string of the molecule is CC(CNC1CC1)c1ccc(F)c(Br)c1. The van der Waals surface area contributed by atoms with Crippen molar-refractivity contribution in [2.45, 2.75) is 31.7 Å². The Labute approximate surface area is 98.2 Å². The molecule has 0 heterocycles. The van der Waals surface area contributed by atoms with Gasteiger partial charge in [-0.05, 0) is 52.4 Å². The maximum atomic E-state index is 13.0. The summed E-state index contributed by atoms with van der Waals surface area (Å²) in [7, 11) is 0. The van der Waals surface area contributed by atoms with E-state index in [0.29, 0.717) is 10.4 Å². The van der Waals surface area contributed by atoms with E-state index in [0.717, 1.165) is 12.6 Å². The molecule has 1 N–H and O–H groups in total. The zero-order valence-corrected chi connectivity index (χ0v) is 10.3. The van der Waals surface area contributed by atoms with E-state index < -0.39 is 0 Å². The maximum absolute atomic E-state index is 13.0. The molecule has 3 heteroatoms. The first-order valence-corrected chi connectivity index (χ1v) is 6.14. The van der Waals surface area contributed by atoms with E-state index in [2.05, 4.69) is 28.2 Å². The summed E-state index contributed by atoms with van der Waals surface area (Å²) in [5.41, 5.74) is 1.18. The van der Waals surface area contributed by atoms with Crippen molar-refractivity contribution in [1.82, 2.24) is 5.32 Å². The van der Waals surface area contributed by atoms with Gasteiger partial charge < -0.3 is 5.32 Å². The van der Waals surface area contributed by atoms with Crippen molar-refractivity contribution >= 4 is 15.9 Å². The minimum atomic E-state index is -0.193. The standard InChI is InChI=1S/C12H15BrFN/c1-8(7-15-10-3-4-10)9-2-5-12(14)11(13)6-9/h2,5-6,8,10,15H,3-4,7H2,1H3. The van der Waals surface area contributed by atoms with Crippen molar-refractivity contribution in [3.8, 4) is 0 Å². The van der Waals surface area contributed by atoms with Crippen LogP contribution in [0.5, 0.6) is 0 Å². The number of halogens is 2. The summed E-state index contributed by atoms with van der Waals surface area (Å²) in [4.78, 5) is 0. The van der Waals surface area contributed by atoms with Crippen molar-refractivity contribution < 1.29 is 4.39 Å². The van der Waals surface area contributed by atoms with Crippen molar-refractivity contribution in [3.63, 3.8) is 0 Å². The molecule has 1 saturated carbocycles. The van der Waals surface area contributed by atoms with Gasteiger partial charge in [0.15, 0.2) is 0 Å². The molecule has 1 fully saturated rings. The molecule has 0 spiro atoms. The van der Waals surface area contributed by atoms with Gasteiger partial charge in [0.2, 0.25) is 0 Å². The third-order valence-electron chi connectivity index (χ3n) is 2.80. The largest absolute Gasteiger partial charge is 0.313 e. The van der Waals surface area contributed by atoms with E-state index >= 15 is 0 Å². The molecule has 1 aromatic carbocycles. The van der Waals surface area contributed by atoms with Crippen molar-refractivity contribution in [3.05, 3.63) is 34.1 Å². The van der Waals surface area contributed by atoms with E-state index in [1.54, 1.807) is 0 Å². The summed E-state index contributed by atoms with van der Waals surface area (Å²) in [6.45, 7) is 3.14. The second-order valence-corrected chi connectivity index (χ2v) is 5.11. The van der Waals surface area contributed by atoms with Gasteiger partial charge in [0.05, 0.1) is 4.47 Å². The van der Waals surface area contributed by atoms with Crippen LogP contribution in [0.3, 0.4) is 0 Å². The van der Waals surface area contributed by atoms with E-state index in [4.69, 9.17) is 0 Å². The van der Waals surface area contributed by atoms with Crippen molar-refractivity contribution in [2.24, 2.45) is 0 Å². The maximum Gasteiger partial charge on any atom is 0.137 e.